The van der Waals surface area contributed by atoms with Gasteiger partial charge in [-0.05, 0) is 98.6 Å². The van der Waals surface area contributed by atoms with Gasteiger partial charge in [0.25, 0.3) is 0 Å². The van der Waals surface area contributed by atoms with Gasteiger partial charge in [-0.2, -0.15) is 0 Å². The van der Waals surface area contributed by atoms with Crippen LogP contribution >= 0.6 is 60.4 Å². The number of nitrogens with zero attached hydrogens (tertiary/aromatic N) is 3. The number of carbonyl (C=O) groups is 2. The van der Waals surface area contributed by atoms with E-state index in [4.69, 9.17) is 46.9 Å². The first kappa shape index (κ1) is 64.1. The van der Waals surface area contributed by atoms with Crippen LogP contribution in [0.1, 0.15) is 153 Å². The number of hydrogen-bond donors (Lipinski definition) is 0. The molecule has 0 amide bonds. The second-order valence-electron chi connectivity index (χ2n) is 21.9. The lowest BCUT2D eigenvalue weighted by Gasteiger charge is -2.41. The Balaban J connectivity index is 0.000000206. The lowest BCUT2D eigenvalue weighted by molar-refractivity contribution is -0.145. The molecule has 422 valence electrons. The van der Waals surface area contributed by atoms with Gasteiger partial charge >= 0.3 is 5.97 Å². The Morgan fingerprint density at radius 1 is 0.613 bits per heavy atom. The average Bonchev–Trinajstić information content (AvgIpc) is 4.07. The number of morpholine rings is 1. The third kappa shape index (κ3) is 19.8. The average molecular weight is 1140 g/mol. The summed E-state index contributed by atoms with van der Waals surface area (Å²) >= 11 is 12.5. The van der Waals surface area contributed by atoms with Gasteiger partial charge in [-0.1, -0.05) is 142 Å². The van der Waals surface area contributed by atoms with Crippen molar-refractivity contribution in [1.82, 2.24) is 14.7 Å². The van der Waals surface area contributed by atoms with E-state index in [0.29, 0.717) is 59.3 Å². The van der Waals surface area contributed by atoms with Gasteiger partial charge < -0.3 is 23.7 Å². The lowest BCUT2D eigenvalue weighted by Crippen LogP contribution is -2.51. The van der Waals surface area contributed by atoms with Crippen LogP contribution in [0.3, 0.4) is 0 Å². The predicted molar refractivity (Wildman–Crippen MR) is 312 cm³/mol. The fourth-order valence-corrected chi connectivity index (χ4v) is 13.6. The molecular weight excluding hydrogens is 1050 g/mol. The van der Waals surface area contributed by atoms with Crippen molar-refractivity contribution in [3.63, 3.8) is 0 Å². The first-order chi connectivity index (χ1) is 35.3. The van der Waals surface area contributed by atoms with Crippen LogP contribution in [0.5, 0.6) is 0 Å². The summed E-state index contributed by atoms with van der Waals surface area (Å²) in [6.45, 7) is 10.9. The van der Waals surface area contributed by atoms with Crippen molar-refractivity contribution < 1.29 is 33.3 Å². The minimum absolute atomic E-state index is 0. The van der Waals surface area contributed by atoms with Gasteiger partial charge in [-0.25, -0.2) is 0 Å². The van der Waals surface area contributed by atoms with Crippen molar-refractivity contribution in [2.24, 2.45) is 5.92 Å². The summed E-state index contributed by atoms with van der Waals surface area (Å²) in [5.74, 6) is 1.22. The third-order valence-electron chi connectivity index (χ3n) is 16.9. The van der Waals surface area contributed by atoms with Crippen LogP contribution in [0, 0.1) is 5.92 Å². The van der Waals surface area contributed by atoms with E-state index in [9.17, 15) is 9.59 Å². The Labute approximate surface area is 478 Å². The maximum absolute atomic E-state index is 11.6. The molecule has 4 aliphatic carbocycles. The Morgan fingerprint density at radius 3 is 1.84 bits per heavy atom. The molecule has 0 bridgehead atoms. The molecule has 3 saturated heterocycles. The molecule has 4 unspecified atom stereocenters. The zero-order valence-corrected chi connectivity index (χ0v) is 48.9. The van der Waals surface area contributed by atoms with Crippen molar-refractivity contribution >= 4 is 82.9 Å². The van der Waals surface area contributed by atoms with Gasteiger partial charge in [0.15, 0.2) is 0 Å². The normalized spacial score (nSPS) is 26.9. The Hall–Kier alpha value is -1.77. The molecule has 15 heteroatoms. The molecule has 3 aliphatic heterocycles. The molecule has 10 rings (SSSR count). The highest BCUT2D eigenvalue weighted by Crippen LogP contribution is 2.33. The second kappa shape index (κ2) is 34.4. The zero-order valence-electron chi connectivity index (χ0n) is 44.9. The molecule has 4 saturated carbocycles. The Bertz CT molecular complexity index is 2090. The molecule has 0 spiro atoms. The number of ketones is 1. The number of esters is 1. The fraction of sp³-hybridized carbons (Fsp3) is 0.700. The van der Waals surface area contributed by atoms with E-state index in [-0.39, 0.29) is 55.4 Å². The Morgan fingerprint density at radius 2 is 1.19 bits per heavy atom. The number of fused-ring (bicyclic) bond motifs is 1. The van der Waals surface area contributed by atoms with Crippen LogP contribution < -0.4 is 0 Å². The number of benzene rings is 3. The van der Waals surface area contributed by atoms with Gasteiger partial charge in [-0.3, -0.25) is 24.3 Å². The largest absolute Gasteiger partial charge is 0.461 e. The number of Topliss-reactive ketones (excluding diaryl/α,β-unsaturated/α-hetero) is 1. The van der Waals surface area contributed by atoms with Crippen molar-refractivity contribution in [3.05, 3.63) is 81.8 Å². The molecule has 3 aromatic rings. The van der Waals surface area contributed by atoms with Gasteiger partial charge in [0.05, 0.1) is 51.3 Å². The molecule has 0 radical (unpaired) electrons. The molecule has 0 N–H and O–H groups in total. The van der Waals surface area contributed by atoms with Crippen LogP contribution in [-0.4, -0.2) is 135 Å². The lowest BCUT2D eigenvalue weighted by atomic mass is 9.86. The van der Waals surface area contributed by atoms with E-state index in [2.05, 4.69) is 57.2 Å². The summed E-state index contributed by atoms with van der Waals surface area (Å²) in [7, 11) is 0. The quantitative estimate of drug-likeness (QED) is 0.102. The van der Waals surface area contributed by atoms with Crippen LogP contribution in [0.15, 0.2) is 60.7 Å². The summed E-state index contributed by atoms with van der Waals surface area (Å²) in [5, 5.41) is 4.00. The summed E-state index contributed by atoms with van der Waals surface area (Å²) in [6.07, 6.45) is 28.1. The van der Waals surface area contributed by atoms with E-state index >= 15 is 0 Å². The smallest absolute Gasteiger partial charge is 0.302 e. The summed E-state index contributed by atoms with van der Waals surface area (Å²) in [5.41, 5.74) is 2.26. The number of ether oxygens (including phenoxy) is 5. The predicted octanol–water partition coefficient (Wildman–Crippen LogP) is 13.7. The second-order valence-corrected chi connectivity index (χ2v) is 22.7. The van der Waals surface area contributed by atoms with E-state index < -0.39 is 0 Å². The molecule has 0 aromatic heterocycles. The van der Waals surface area contributed by atoms with E-state index in [1.165, 1.54) is 132 Å². The number of halogens is 5. The topological polar surface area (TPSA) is 90.0 Å². The van der Waals surface area contributed by atoms with Crippen LogP contribution in [0.4, 0.5) is 0 Å². The van der Waals surface area contributed by atoms with Gasteiger partial charge in [0.2, 0.25) is 0 Å². The molecule has 7 aliphatic rings. The highest BCUT2D eigenvalue weighted by Gasteiger charge is 2.37. The molecule has 3 aromatic carbocycles. The molecule has 7 atom stereocenters. The van der Waals surface area contributed by atoms with E-state index in [1.54, 1.807) is 0 Å². The highest BCUT2D eigenvalue weighted by molar-refractivity contribution is 6.35. The minimum Gasteiger partial charge on any atom is -0.461 e. The molecular formula is C60H90Cl5N3O7. The summed E-state index contributed by atoms with van der Waals surface area (Å²) in [6, 6.07) is 22.2. The number of hydrogen-bond acceptors (Lipinski definition) is 10. The van der Waals surface area contributed by atoms with E-state index in [0.717, 1.165) is 103 Å². The standard InChI is InChI=1S/C24H31NO3.C19H33NO2.C17H23Cl2NO2.3ClH/c1-18(26)28-21-13-15-25(17-21)23-11-4-5-12-24(23)27-16-14-20-9-6-8-19-7-2-3-10-22(19)20;21-17-12-13-20(15-17)18-10-4-5-11-19(18)22-14-6-9-16-7-2-1-3-8-16;18-14-4-3-5-15(19)13(14)12-22-17-7-2-1-6-16(17)20-8-10-21-11-9-20;;;/h2-3,6-10,21,23-24H,4-5,11-17H2,1H3;16,18-19H,1-15H2;3-5,16-17H,1-2,6-12H2;3*1H/t21?,23-,24?;18-,19?;16-,17?;;;/m111.../s1. The zero-order chi connectivity index (χ0) is 49.9. The SMILES string of the molecule is CC(=O)OC1CCN([C@@H]2CCCCC2OCCc2cccc3ccccc23)C1.Cl.Cl.Cl.Clc1cccc(Cl)c1COC1CCCC[C@H]1N1CCOCC1.O=C1CCN([C@@H]2CCCCC2OCCCC2CCCCC2)C1. The molecule has 3 heterocycles. The summed E-state index contributed by atoms with van der Waals surface area (Å²) in [4.78, 5) is 30.2. The van der Waals surface area contributed by atoms with Crippen LogP contribution in [0.25, 0.3) is 10.8 Å². The molecule has 7 fully saturated rings. The first-order valence-corrected chi connectivity index (χ1v) is 29.3. The summed E-state index contributed by atoms with van der Waals surface area (Å²) < 4.78 is 29.8. The van der Waals surface area contributed by atoms with Crippen LogP contribution in [0.2, 0.25) is 10.0 Å². The Kier molecular flexibility index (Phi) is 29.4. The minimum atomic E-state index is -0.168. The van der Waals surface area contributed by atoms with Crippen molar-refractivity contribution in [2.45, 2.75) is 197 Å². The maximum Gasteiger partial charge on any atom is 0.302 e. The molecule has 10 nitrogen and oxygen atoms in total. The number of rotatable bonds is 16. The molecule has 75 heavy (non-hydrogen) atoms. The van der Waals surface area contributed by atoms with Gasteiger partial charge in [0, 0.05) is 86.4 Å². The van der Waals surface area contributed by atoms with Crippen molar-refractivity contribution in [2.75, 3.05) is 65.7 Å². The van der Waals surface area contributed by atoms with E-state index in [1.807, 2.05) is 18.2 Å². The number of carbonyl (C=O) groups excluding carboxylic acids is 2. The first-order valence-electron chi connectivity index (χ1n) is 28.5. The van der Waals surface area contributed by atoms with Gasteiger partial charge in [-0.15, -0.1) is 37.2 Å². The number of likely N-dealkylation sites (tertiary alicyclic amines) is 2. The fourth-order valence-electron chi connectivity index (χ4n) is 13.1. The monoisotopic (exact) mass is 1140 g/mol. The maximum atomic E-state index is 11.6. The van der Waals surface area contributed by atoms with Crippen molar-refractivity contribution in [3.8, 4) is 0 Å². The van der Waals surface area contributed by atoms with Gasteiger partial charge in [0.1, 0.15) is 11.9 Å². The highest BCUT2D eigenvalue weighted by atomic mass is 35.5. The third-order valence-corrected chi connectivity index (χ3v) is 17.6. The van der Waals surface area contributed by atoms with Crippen molar-refractivity contribution in [1.29, 1.82) is 0 Å². The van der Waals surface area contributed by atoms with Crippen LogP contribution in [-0.2, 0) is 46.3 Å².